The van der Waals surface area contributed by atoms with Gasteiger partial charge in [-0.1, -0.05) is 12.5 Å². The van der Waals surface area contributed by atoms with E-state index in [9.17, 15) is 18.0 Å². The monoisotopic (exact) mass is 366 g/mol. The molecule has 2 aliphatic rings. The molecule has 3 N–H and O–H groups in total. The number of nitrogens with two attached hydrogens (primary N) is 1. The van der Waals surface area contributed by atoms with Crippen LogP contribution in [0.15, 0.2) is 29.2 Å². The minimum atomic E-state index is -3.84. The van der Waals surface area contributed by atoms with Crippen LogP contribution in [0, 0.1) is 17.8 Å². The highest BCUT2D eigenvalue weighted by Gasteiger charge is 2.40. The maximum absolute atomic E-state index is 11.9. The number of hydrogen-bond acceptors (Lipinski definition) is 5. The van der Waals surface area contributed by atoms with Crippen molar-refractivity contribution < 1.29 is 22.7 Å². The lowest BCUT2D eigenvalue weighted by Crippen LogP contribution is -2.23. The highest BCUT2D eigenvalue weighted by molar-refractivity contribution is 7.89. The summed E-state index contributed by atoms with van der Waals surface area (Å²) in [4.78, 5) is 23.7. The zero-order chi connectivity index (χ0) is 18.0. The molecule has 1 aromatic carbocycles. The van der Waals surface area contributed by atoms with Crippen LogP contribution in [0.5, 0.6) is 0 Å². The summed E-state index contributed by atoms with van der Waals surface area (Å²) in [5, 5.41) is 7.54. The van der Waals surface area contributed by atoms with Gasteiger partial charge in [0.1, 0.15) is 0 Å². The first-order valence-corrected chi connectivity index (χ1v) is 9.94. The SMILES string of the molecule is NS(=O)(=O)c1cccc(NC(=O)COC(=O)C[C@@H]2C[C@H]3CC[C@@H]2C3)c1. The summed E-state index contributed by atoms with van der Waals surface area (Å²) in [6.07, 6.45) is 5.15. The molecule has 136 valence electrons. The van der Waals surface area contributed by atoms with Gasteiger partial charge >= 0.3 is 5.97 Å². The highest BCUT2D eigenvalue weighted by atomic mass is 32.2. The van der Waals surface area contributed by atoms with Crippen molar-refractivity contribution in [3.8, 4) is 0 Å². The lowest BCUT2D eigenvalue weighted by Gasteiger charge is -2.20. The van der Waals surface area contributed by atoms with Crippen LogP contribution in [-0.2, 0) is 24.3 Å². The number of hydrogen-bond donors (Lipinski definition) is 2. The average molecular weight is 366 g/mol. The second-order valence-corrected chi connectivity index (χ2v) is 8.48. The minimum Gasteiger partial charge on any atom is -0.456 e. The first kappa shape index (κ1) is 17.9. The lowest BCUT2D eigenvalue weighted by molar-refractivity contribution is -0.148. The van der Waals surface area contributed by atoms with Crippen LogP contribution in [0.4, 0.5) is 5.69 Å². The van der Waals surface area contributed by atoms with Crippen molar-refractivity contribution in [2.75, 3.05) is 11.9 Å². The van der Waals surface area contributed by atoms with Gasteiger partial charge in [-0.05, 0) is 55.2 Å². The van der Waals surface area contributed by atoms with Crippen LogP contribution in [0.3, 0.4) is 0 Å². The first-order valence-electron chi connectivity index (χ1n) is 8.39. The van der Waals surface area contributed by atoms with E-state index >= 15 is 0 Å². The summed E-state index contributed by atoms with van der Waals surface area (Å²) in [5.41, 5.74) is 0.278. The molecule has 0 aliphatic heterocycles. The Morgan fingerprint density at radius 2 is 2.04 bits per heavy atom. The Morgan fingerprint density at radius 3 is 2.68 bits per heavy atom. The second-order valence-electron chi connectivity index (χ2n) is 6.92. The van der Waals surface area contributed by atoms with E-state index in [1.807, 2.05) is 0 Å². The number of fused-ring (bicyclic) bond motifs is 2. The molecule has 2 fully saturated rings. The van der Waals surface area contributed by atoms with Crippen molar-refractivity contribution in [2.24, 2.45) is 22.9 Å². The molecule has 0 saturated heterocycles. The quantitative estimate of drug-likeness (QED) is 0.743. The number of benzene rings is 1. The van der Waals surface area contributed by atoms with Gasteiger partial charge < -0.3 is 10.1 Å². The number of primary sulfonamides is 1. The highest BCUT2D eigenvalue weighted by Crippen LogP contribution is 2.49. The van der Waals surface area contributed by atoms with Crippen molar-refractivity contribution in [2.45, 2.75) is 37.0 Å². The molecule has 25 heavy (non-hydrogen) atoms. The number of anilines is 1. The molecule has 0 aromatic heterocycles. The summed E-state index contributed by atoms with van der Waals surface area (Å²) >= 11 is 0. The van der Waals surface area contributed by atoms with E-state index < -0.39 is 15.9 Å². The van der Waals surface area contributed by atoms with Gasteiger partial charge in [0.15, 0.2) is 6.61 Å². The first-order chi connectivity index (χ1) is 11.8. The second kappa shape index (κ2) is 7.13. The fraction of sp³-hybridized carbons (Fsp3) is 0.529. The van der Waals surface area contributed by atoms with E-state index in [1.54, 1.807) is 0 Å². The van der Waals surface area contributed by atoms with E-state index in [-0.39, 0.29) is 23.2 Å². The summed E-state index contributed by atoms with van der Waals surface area (Å²) in [6.45, 7) is -0.390. The Kier molecular flexibility index (Phi) is 5.10. The van der Waals surface area contributed by atoms with Crippen molar-refractivity contribution in [3.05, 3.63) is 24.3 Å². The normalized spacial score (nSPS) is 24.9. The average Bonchev–Trinajstić information content (AvgIpc) is 3.15. The molecule has 0 unspecified atom stereocenters. The fourth-order valence-corrected chi connectivity index (χ4v) is 4.55. The van der Waals surface area contributed by atoms with Crippen molar-refractivity contribution in [1.82, 2.24) is 0 Å². The molecule has 7 nitrogen and oxygen atoms in total. The molecule has 2 saturated carbocycles. The van der Waals surface area contributed by atoms with Gasteiger partial charge in [0, 0.05) is 12.1 Å². The predicted molar refractivity (Wildman–Crippen MR) is 91.0 cm³/mol. The summed E-state index contributed by atoms with van der Waals surface area (Å²) in [5.74, 6) is 0.907. The fourth-order valence-electron chi connectivity index (χ4n) is 3.99. The van der Waals surface area contributed by atoms with Crippen LogP contribution in [0.25, 0.3) is 0 Å². The molecule has 0 heterocycles. The molecular formula is C17H22N2O5S. The molecule has 8 heteroatoms. The Balaban J connectivity index is 1.46. The van der Waals surface area contributed by atoms with Gasteiger partial charge in [0.05, 0.1) is 4.90 Å². The Labute approximate surface area is 147 Å². The molecule has 2 bridgehead atoms. The predicted octanol–water partition coefficient (Wildman–Crippen LogP) is 1.64. The van der Waals surface area contributed by atoms with Gasteiger partial charge in [0.2, 0.25) is 10.0 Å². The van der Waals surface area contributed by atoms with Crippen molar-refractivity contribution >= 4 is 27.6 Å². The number of esters is 1. The molecule has 1 aromatic rings. The maximum Gasteiger partial charge on any atom is 0.306 e. The summed E-state index contributed by atoms with van der Waals surface area (Å²) < 4.78 is 27.7. The van der Waals surface area contributed by atoms with Crippen LogP contribution < -0.4 is 10.5 Å². The van der Waals surface area contributed by atoms with Gasteiger partial charge in [-0.3, -0.25) is 9.59 Å². The molecule has 2 aliphatic carbocycles. The van der Waals surface area contributed by atoms with Gasteiger partial charge in [-0.15, -0.1) is 0 Å². The molecule has 1 amide bonds. The summed E-state index contributed by atoms with van der Waals surface area (Å²) in [7, 11) is -3.84. The third-order valence-electron chi connectivity index (χ3n) is 5.12. The standard InChI is InChI=1S/C17H22N2O5S/c18-25(22,23)15-3-1-2-14(9-15)19-16(20)10-24-17(21)8-13-7-11-4-5-12(13)6-11/h1-3,9,11-13H,4-8,10H2,(H,19,20)(H2,18,22,23)/t11-,12+,13-/m0/s1. The Hall–Kier alpha value is -1.93. The van der Waals surface area contributed by atoms with E-state index in [2.05, 4.69) is 5.32 Å². The molecule has 3 atom stereocenters. The van der Waals surface area contributed by atoms with Crippen molar-refractivity contribution in [3.63, 3.8) is 0 Å². The van der Waals surface area contributed by atoms with Crippen molar-refractivity contribution in [1.29, 1.82) is 0 Å². The maximum atomic E-state index is 11.9. The number of amides is 1. The third kappa shape index (κ3) is 4.58. The molecule has 3 rings (SSSR count). The molecule has 0 spiro atoms. The van der Waals surface area contributed by atoms with Crippen LogP contribution in [0.2, 0.25) is 0 Å². The number of sulfonamides is 1. The number of carbonyl (C=O) groups excluding carboxylic acids is 2. The number of nitrogens with one attached hydrogen (secondary N) is 1. The Morgan fingerprint density at radius 1 is 1.24 bits per heavy atom. The third-order valence-corrected chi connectivity index (χ3v) is 6.03. The molecule has 0 radical (unpaired) electrons. The smallest absolute Gasteiger partial charge is 0.306 e. The van der Waals surface area contributed by atoms with E-state index in [0.29, 0.717) is 18.3 Å². The number of carbonyl (C=O) groups is 2. The van der Waals surface area contributed by atoms with Gasteiger partial charge in [0.25, 0.3) is 5.91 Å². The minimum absolute atomic E-state index is 0.0985. The van der Waals surface area contributed by atoms with E-state index in [4.69, 9.17) is 9.88 Å². The lowest BCUT2D eigenvalue weighted by atomic mass is 9.86. The number of rotatable bonds is 6. The van der Waals surface area contributed by atoms with E-state index in [0.717, 1.165) is 12.3 Å². The Bertz CT molecular complexity index is 777. The van der Waals surface area contributed by atoms with Gasteiger partial charge in [-0.25, -0.2) is 13.6 Å². The molecular weight excluding hydrogens is 344 g/mol. The number of ether oxygens (including phenoxy) is 1. The zero-order valence-corrected chi connectivity index (χ0v) is 14.6. The largest absolute Gasteiger partial charge is 0.456 e. The zero-order valence-electron chi connectivity index (χ0n) is 13.8. The topological polar surface area (TPSA) is 116 Å². The summed E-state index contributed by atoms with van der Waals surface area (Å²) in [6, 6.07) is 5.59. The van der Waals surface area contributed by atoms with Crippen LogP contribution >= 0.6 is 0 Å². The van der Waals surface area contributed by atoms with Crippen LogP contribution in [0.1, 0.15) is 32.1 Å². The van der Waals surface area contributed by atoms with E-state index in [1.165, 1.54) is 43.5 Å². The van der Waals surface area contributed by atoms with Gasteiger partial charge in [-0.2, -0.15) is 0 Å². The van der Waals surface area contributed by atoms with Crippen LogP contribution in [-0.4, -0.2) is 26.9 Å².